The van der Waals surface area contributed by atoms with E-state index in [0.29, 0.717) is 15.8 Å². The number of hydrogen-bond acceptors (Lipinski definition) is 5. The van der Waals surface area contributed by atoms with Crippen LogP contribution in [0.4, 0.5) is 8.78 Å². The molecule has 18 heavy (non-hydrogen) atoms. The van der Waals surface area contributed by atoms with Crippen molar-refractivity contribution in [2.24, 2.45) is 0 Å². The van der Waals surface area contributed by atoms with Gasteiger partial charge in [-0.2, -0.15) is 0 Å². The van der Waals surface area contributed by atoms with Crippen molar-refractivity contribution in [3.8, 4) is 11.5 Å². The first-order valence-electron chi connectivity index (χ1n) is 4.69. The van der Waals surface area contributed by atoms with Gasteiger partial charge in [-0.3, -0.25) is 4.18 Å². The summed E-state index contributed by atoms with van der Waals surface area (Å²) in [6.07, 6.45) is -3.63. The molecule has 2 aromatic rings. The first kappa shape index (κ1) is 12.0. The zero-order chi connectivity index (χ0) is 12.9. The highest BCUT2D eigenvalue weighted by Gasteiger charge is 2.43. The number of rotatable bonds is 2. The normalized spacial score (nSPS) is 16.4. The fourth-order valence-corrected chi connectivity index (χ4v) is 2.65. The van der Waals surface area contributed by atoms with E-state index < -0.39 is 6.29 Å². The maximum Gasteiger partial charge on any atom is 0.586 e. The van der Waals surface area contributed by atoms with Gasteiger partial charge in [0.15, 0.2) is 16.2 Å². The first-order valence-corrected chi connectivity index (χ1v) is 6.18. The van der Waals surface area contributed by atoms with Gasteiger partial charge in [0.2, 0.25) is 0 Å². The van der Waals surface area contributed by atoms with E-state index in [1.54, 1.807) is 3.97 Å². The maximum atomic E-state index is 12.9. The second-order valence-corrected chi connectivity index (χ2v) is 4.93. The van der Waals surface area contributed by atoms with E-state index in [4.69, 9.17) is 4.18 Å². The smallest absolute Gasteiger partial charge is 0.395 e. The van der Waals surface area contributed by atoms with Crippen molar-refractivity contribution >= 4 is 39.2 Å². The van der Waals surface area contributed by atoms with Crippen LogP contribution in [0.1, 0.15) is 0 Å². The van der Waals surface area contributed by atoms with E-state index in [9.17, 15) is 8.78 Å². The lowest BCUT2D eigenvalue weighted by Gasteiger charge is -2.04. The van der Waals surface area contributed by atoms with Crippen LogP contribution in [0.15, 0.2) is 16.9 Å². The summed E-state index contributed by atoms with van der Waals surface area (Å²) >= 11 is 4.25. The Labute approximate surface area is 112 Å². The summed E-state index contributed by atoms with van der Waals surface area (Å²) in [4.78, 5) is 4.16. The molecule has 0 spiro atoms. The van der Waals surface area contributed by atoms with E-state index in [-0.39, 0.29) is 11.5 Å². The fraction of sp³-hybridized carbons (Fsp3) is 0.222. The van der Waals surface area contributed by atoms with E-state index in [1.165, 1.54) is 19.2 Å². The molecule has 0 aliphatic carbocycles. The minimum absolute atomic E-state index is 0.0298. The number of imidazole rings is 1. The average Bonchev–Trinajstić information content (AvgIpc) is 2.72. The van der Waals surface area contributed by atoms with Crippen LogP contribution in [-0.2, 0) is 4.18 Å². The van der Waals surface area contributed by atoms with Gasteiger partial charge >= 0.3 is 6.29 Å². The Morgan fingerprint density at radius 2 is 2.06 bits per heavy atom. The molecule has 1 aliphatic rings. The summed E-state index contributed by atoms with van der Waals surface area (Å²) in [5.41, 5.74) is 1.07. The van der Waals surface area contributed by atoms with Crippen LogP contribution in [0.3, 0.4) is 0 Å². The fourth-order valence-electron chi connectivity index (χ4n) is 1.62. The molecular weight excluding hydrogens is 334 g/mol. The van der Waals surface area contributed by atoms with Crippen molar-refractivity contribution in [3.05, 3.63) is 16.9 Å². The summed E-state index contributed by atoms with van der Waals surface area (Å²) in [6, 6.07) is 2.82. The molecular formula is C9H5BrF2N2O3S. The maximum absolute atomic E-state index is 12.9. The van der Waals surface area contributed by atoms with Gasteiger partial charge in [-0.05, 0) is 15.9 Å². The number of hydrogen-bond donors (Lipinski definition) is 0. The van der Waals surface area contributed by atoms with E-state index in [2.05, 4.69) is 30.4 Å². The summed E-state index contributed by atoms with van der Waals surface area (Å²) in [5.74, 6) is -0.0649. The molecule has 0 saturated carbocycles. The molecule has 5 nitrogen and oxygen atoms in total. The van der Waals surface area contributed by atoms with Crippen LogP contribution < -0.4 is 9.47 Å². The Kier molecular flexibility index (Phi) is 2.65. The molecule has 2 heterocycles. The molecule has 3 rings (SSSR count). The topological polar surface area (TPSA) is 45.5 Å². The molecule has 1 aromatic heterocycles. The molecule has 0 unspecified atom stereocenters. The second kappa shape index (κ2) is 3.97. The Hall–Kier alpha value is -1.06. The monoisotopic (exact) mass is 338 g/mol. The first-order chi connectivity index (χ1) is 8.50. The lowest BCUT2D eigenvalue weighted by atomic mass is 10.3. The van der Waals surface area contributed by atoms with Gasteiger partial charge in [-0.1, -0.05) is 0 Å². The molecule has 0 bridgehead atoms. The number of benzene rings is 1. The van der Waals surface area contributed by atoms with Gasteiger partial charge in [0.1, 0.15) is 12.2 Å². The summed E-state index contributed by atoms with van der Waals surface area (Å²) in [6.45, 7) is 0. The van der Waals surface area contributed by atoms with E-state index in [0.717, 1.165) is 12.2 Å². The second-order valence-electron chi connectivity index (χ2n) is 3.37. The Morgan fingerprint density at radius 3 is 2.72 bits per heavy atom. The third-order valence-corrected chi connectivity index (χ3v) is 3.68. The highest BCUT2D eigenvalue weighted by molar-refractivity contribution is 9.10. The van der Waals surface area contributed by atoms with E-state index >= 15 is 0 Å². The minimum Gasteiger partial charge on any atom is -0.395 e. The van der Waals surface area contributed by atoms with Crippen LogP contribution in [0.2, 0.25) is 0 Å². The predicted octanol–water partition coefficient (Wildman–Crippen LogP) is 3.18. The van der Waals surface area contributed by atoms with Crippen molar-refractivity contribution in [1.82, 2.24) is 8.96 Å². The summed E-state index contributed by atoms with van der Waals surface area (Å²) in [5, 5.41) is 0. The number of alkyl halides is 2. The lowest BCUT2D eigenvalue weighted by molar-refractivity contribution is -0.286. The Bertz CT molecular complexity index is 634. The van der Waals surface area contributed by atoms with Crippen molar-refractivity contribution in [3.63, 3.8) is 0 Å². The predicted molar refractivity (Wildman–Crippen MR) is 63.6 cm³/mol. The molecule has 96 valence electrons. The molecule has 1 aliphatic heterocycles. The molecule has 0 amide bonds. The van der Waals surface area contributed by atoms with Gasteiger partial charge in [-0.25, -0.2) is 8.96 Å². The molecule has 1 aromatic carbocycles. The molecule has 0 radical (unpaired) electrons. The standard InChI is InChI=1S/C9H5BrF2N2O3S/c1-15-18-14-5-3-7-6(16-9(11,12)17-7)2-4(5)13-8(14)10/h2-3H,1H3. The highest BCUT2D eigenvalue weighted by atomic mass is 79.9. The van der Waals surface area contributed by atoms with Gasteiger partial charge in [0.25, 0.3) is 0 Å². The zero-order valence-electron chi connectivity index (χ0n) is 8.82. The minimum atomic E-state index is -3.63. The lowest BCUT2D eigenvalue weighted by Crippen LogP contribution is -2.25. The third-order valence-electron chi connectivity index (χ3n) is 2.25. The zero-order valence-corrected chi connectivity index (χ0v) is 11.2. The number of fused-ring (bicyclic) bond motifs is 2. The quantitative estimate of drug-likeness (QED) is 0.787. The van der Waals surface area contributed by atoms with Crippen LogP contribution >= 0.6 is 28.2 Å². The van der Waals surface area contributed by atoms with Crippen molar-refractivity contribution in [2.75, 3.05) is 7.11 Å². The third kappa shape index (κ3) is 1.82. The van der Waals surface area contributed by atoms with Crippen LogP contribution in [0, 0.1) is 0 Å². The summed E-state index contributed by atoms with van der Waals surface area (Å²) < 4.78 is 41.6. The number of nitrogens with zero attached hydrogens (tertiary/aromatic N) is 2. The molecule has 0 saturated heterocycles. The summed E-state index contributed by atoms with van der Waals surface area (Å²) in [7, 11) is 1.49. The SMILES string of the molecule is COSn1c(Br)nc2cc3c(cc21)OC(F)(F)O3. The Balaban J connectivity index is 2.16. The van der Waals surface area contributed by atoms with Gasteiger partial charge in [0, 0.05) is 12.1 Å². The number of halogens is 3. The highest BCUT2D eigenvalue weighted by Crippen LogP contribution is 2.44. The molecule has 0 fully saturated rings. The van der Waals surface area contributed by atoms with Crippen LogP contribution in [0.25, 0.3) is 11.0 Å². The van der Waals surface area contributed by atoms with Crippen LogP contribution in [-0.4, -0.2) is 22.4 Å². The molecule has 0 N–H and O–H groups in total. The van der Waals surface area contributed by atoms with Crippen molar-refractivity contribution < 1.29 is 22.4 Å². The molecule has 0 atom stereocenters. The van der Waals surface area contributed by atoms with E-state index in [1.807, 2.05) is 0 Å². The number of aromatic nitrogens is 2. The number of ether oxygens (including phenoxy) is 2. The van der Waals surface area contributed by atoms with Crippen molar-refractivity contribution in [1.29, 1.82) is 0 Å². The average molecular weight is 339 g/mol. The van der Waals surface area contributed by atoms with Crippen LogP contribution in [0.5, 0.6) is 11.5 Å². The molecule has 9 heteroatoms. The largest absolute Gasteiger partial charge is 0.586 e. The van der Waals surface area contributed by atoms with Gasteiger partial charge < -0.3 is 9.47 Å². The Morgan fingerprint density at radius 1 is 1.39 bits per heavy atom. The van der Waals surface area contributed by atoms with Gasteiger partial charge in [0.05, 0.1) is 18.1 Å². The van der Waals surface area contributed by atoms with Gasteiger partial charge in [-0.15, -0.1) is 8.78 Å². The van der Waals surface area contributed by atoms with Crippen molar-refractivity contribution in [2.45, 2.75) is 6.29 Å².